The minimum Gasteiger partial charge on any atom is -0.338 e. The van der Waals surface area contributed by atoms with Gasteiger partial charge >= 0.3 is 0 Å². The fraction of sp³-hybridized carbons (Fsp3) is 0. The van der Waals surface area contributed by atoms with E-state index < -0.39 is 0 Å². The summed E-state index contributed by atoms with van der Waals surface area (Å²) in [5.74, 6) is 0.786. The molecule has 3 nitrogen and oxygen atoms in total. The molecule has 1 heterocycles. The van der Waals surface area contributed by atoms with Gasteiger partial charge in [0.15, 0.2) is 0 Å². The lowest BCUT2D eigenvalue weighted by Gasteiger charge is -1.89. The lowest BCUT2D eigenvalue weighted by atomic mass is 10.2. The summed E-state index contributed by atoms with van der Waals surface area (Å²) >= 11 is 0. The molecular weight excluding hydrogens is 234 g/mol. The van der Waals surface area contributed by atoms with E-state index in [1.165, 1.54) is 0 Å². The Balaban J connectivity index is 1.94. The molecule has 3 heteroatoms. The van der Waals surface area contributed by atoms with E-state index in [1.807, 2.05) is 54.6 Å². The highest BCUT2D eigenvalue weighted by atomic mass is 14.9. The van der Waals surface area contributed by atoms with Gasteiger partial charge in [-0.1, -0.05) is 36.4 Å². The highest BCUT2D eigenvalue weighted by molar-refractivity contribution is 5.80. The Hall–Kier alpha value is -2.86. The number of rotatable bonds is 2. The van der Waals surface area contributed by atoms with E-state index in [2.05, 4.69) is 16.0 Å². The van der Waals surface area contributed by atoms with Gasteiger partial charge in [0, 0.05) is 0 Å². The molecule has 0 saturated carbocycles. The van der Waals surface area contributed by atoms with Crippen molar-refractivity contribution in [3.05, 3.63) is 65.5 Å². The molecule has 0 amide bonds. The maximum Gasteiger partial charge on any atom is 0.131 e. The van der Waals surface area contributed by atoms with E-state index in [0.717, 1.165) is 22.4 Å². The molecule has 90 valence electrons. The van der Waals surface area contributed by atoms with Crippen LogP contribution in [0.4, 0.5) is 0 Å². The molecule has 2 aromatic carbocycles. The van der Waals surface area contributed by atoms with Gasteiger partial charge in [-0.15, -0.1) is 0 Å². The molecule has 0 bridgehead atoms. The van der Waals surface area contributed by atoms with Gasteiger partial charge in [0.25, 0.3) is 0 Å². The molecule has 0 atom stereocenters. The number of fused-ring (bicyclic) bond motifs is 1. The second kappa shape index (κ2) is 4.79. The Morgan fingerprint density at radius 3 is 2.68 bits per heavy atom. The monoisotopic (exact) mass is 245 g/mol. The van der Waals surface area contributed by atoms with E-state index in [4.69, 9.17) is 5.26 Å². The second-order valence-corrected chi connectivity index (χ2v) is 4.21. The number of nitriles is 1. The first kappa shape index (κ1) is 11.2. The lowest BCUT2D eigenvalue weighted by molar-refractivity contribution is 1.29. The Kier molecular flexibility index (Phi) is 2.83. The van der Waals surface area contributed by atoms with Crippen LogP contribution in [0, 0.1) is 11.3 Å². The minimum absolute atomic E-state index is 0.634. The van der Waals surface area contributed by atoms with Crippen LogP contribution in [-0.4, -0.2) is 9.97 Å². The summed E-state index contributed by atoms with van der Waals surface area (Å²) in [5, 5.41) is 8.86. The third kappa shape index (κ3) is 2.38. The number of aromatic amines is 1. The van der Waals surface area contributed by atoms with Crippen LogP contribution in [-0.2, 0) is 0 Å². The first-order chi connectivity index (χ1) is 9.35. The predicted octanol–water partition coefficient (Wildman–Crippen LogP) is 3.60. The van der Waals surface area contributed by atoms with Crippen molar-refractivity contribution in [1.82, 2.24) is 9.97 Å². The first-order valence-electron chi connectivity index (χ1n) is 5.98. The molecule has 0 fully saturated rings. The van der Waals surface area contributed by atoms with Crippen LogP contribution >= 0.6 is 0 Å². The largest absolute Gasteiger partial charge is 0.338 e. The summed E-state index contributed by atoms with van der Waals surface area (Å²) in [7, 11) is 0. The first-order valence-corrected chi connectivity index (χ1v) is 5.98. The van der Waals surface area contributed by atoms with Crippen molar-refractivity contribution >= 4 is 23.2 Å². The Bertz CT molecular complexity index is 777. The topological polar surface area (TPSA) is 52.5 Å². The van der Waals surface area contributed by atoms with Crippen LogP contribution in [0.25, 0.3) is 23.2 Å². The fourth-order valence-electron chi connectivity index (χ4n) is 1.92. The number of aromatic nitrogens is 2. The molecule has 3 rings (SSSR count). The van der Waals surface area contributed by atoms with Gasteiger partial charge in [-0.05, 0) is 29.8 Å². The van der Waals surface area contributed by atoms with Crippen LogP contribution < -0.4 is 0 Å². The average molecular weight is 245 g/mol. The number of nitrogens with one attached hydrogen (secondary N) is 1. The number of hydrogen-bond donors (Lipinski definition) is 1. The Morgan fingerprint density at radius 2 is 1.89 bits per heavy atom. The van der Waals surface area contributed by atoms with Gasteiger partial charge in [0.1, 0.15) is 5.82 Å². The quantitative estimate of drug-likeness (QED) is 0.749. The summed E-state index contributed by atoms with van der Waals surface area (Å²) in [5.41, 5.74) is 3.51. The molecule has 0 spiro atoms. The third-order valence-electron chi connectivity index (χ3n) is 2.86. The van der Waals surface area contributed by atoms with Crippen LogP contribution in [0.1, 0.15) is 17.0 Å². The van der Waals surface area contributed by atoms with Gasteiger partial charge in [0.2, 0.25) is 0 Å². The molecule has 0 saturated heterocycles. The standard InChI is InChI=1S/C16H11N3/c17-11-13-6-8-14-15(10-13)19-16(18-14)9-7-12-4-2-1-3-5-12/h1-10H,(H,18,19)/b9-7+. The zero-order chi connectivity index (χ0) is 13.1. The summed E-state index contributed by atoms with van der Waals surface area (Å²) < 4.78 is 0. The van der Waals surface area contributed by atoms with Gasteiger partial charge < -0.3 is 4.98 Å². The van der Waals surface area contributed by atoms with Crippen LogP contribution in [0.5, 0.6) is 0 Å². The number of imidazole rings is 1. The van der Waals surface area contributed by atoms with Crippen molar-refractivity contribution < 1.29 is 0 Å². The zero-order valence-electron chi connectivity index (χ0n) is 10.2. The number of nitrogens with zero attached hydrogens (tertiary/aromatic N) is 2. The maximum absolute atomic E-state index is 8.86. The Morgan fingerprint density at radius 1 is 1.05 bits per heavy atom. The highest BCUT2D eigenvalue weighted by Crippen LogP contribution is 2.14. The molecule has 0 radical (unpaired) electrons. The predicted molar refractivity (Wildman–Crippen MR) is 76.2 cm³/mol. The van der Waals surface area contributed by atoms with E-state index in [9.17, 15) is 0 Å². The van der Waals surface area contributed by atoms with Crippen molar-refractivity contribution in [3.63, 3.8) is 0 Å². The summed E-state index contributed by atoms with van der Waals surface area (Å²) in [6.45, 7) is 0. The summed E-state index contributed by atoms with van der Waals surface area (Å²) in [6.07, 6.45) is 3.93. The third-order valence-corrected chi connectivity index (χ3v) is 2.86. The van der Waals surface area contributed by atoms with Gasteiger partial charge in [-0.3, -0.25) is 0 Å². The maximum atomic E-state index is 8.86. The number of H-pyrrole nitrogens is 1. The molecule has 0 unspecified atom stereocenters. The van der Waals surface area contributed by atoms with E-state index >= 15 is 0 Å². The van der Waals surface area contributed by atoms with Crippen LogP contribution in [0.2, 0.25) is 0 Å². The van der Waals surface area contributed by atoms with Crippen molar-refractivity contribution in [2.75, 3.05) is 0 Å². The molecule has 0 aliphatic heterocycles. The molecule has 0 aliphatic carbocycles. The molecule has 1 N–H and O–H groups in total. The van der Waals surface area contributed by atoms with Crippen molar-refractivity contribution in [3.8, 4) is 6.07 Å². The smallest absolute Gasteiger partial charge is 0.131 e. The molecule has 0 aliphatic rings. The fourth-order valence-corrected chi connectivity index (χ4v) is 1.92. The minimum atomic E-state index is 0.634. The highest BCUT2D eigenvalue weighted by Gasteiger charge is 2.01. The second-order valence-electron chi connectivity index (χ2n) is 4.21. The molecule has 1 aromatic heterocycles. The molecule has 19 heavy (non-hydrogen) atoms. The van der Waals surface area contributed by atoms with Crippen molar-refractivity contribution in [2.45, 2.75) is 0 Å². The Labute approximate surface area is 110 Å². The van der Waals surface area contributed by atoms with E-state index in [1.54, 1.807) is 6.07 Å². The number of hydrogen-bond acceptors (Lipinski definition) is 2. The lowest BCUT2D eigenvalue weighted by Crippen LogP contribution is -1.74. The van der Waals surface area contributed by atoms with E-state index in [0.29, 0.717) is 5.56 Å². The zero-order valence-corrected chi connectivity index (χ0v) is 10.2. The summed E-state index contributed by atoms with van der Waals surface area (Å²) in [6, 6.07) is 17.6. The SMILES string of the molecule is N#Cc1ccc2nc(/C=C/c3ccccc3)[nH]c2c1. The van der Waals surface area contributed by atoms with Gasteiger partial charge in [-0.2, -0.15) is 5.26 Å². The van der Waals surface area contributed by atoms with Gasteiger partial charge in [0.05, 0.1) is 22.7 Å². The normalized spacial score (nSPS) is 10.9. The van der Waals surface area contributed by atoms with Gasteiger partial charge in [-0.25, -0.2) is 4.98 Å². The molecular formula is C16H11N3. The van der Waals surface area contributed by atoms with Crippen molar-refractivity contribution in [1.29, 1.82) is 5.26 Å². The van der Waals surface area contributed by atoms with E-state index in [-0.39, 0.29) is 0 Å². The van der Waals surface area contributed by atoms with Crippen LogP contribution in [0.3, 0.4) is 0 Å². The molecule has 3 aromatic rings. The van der Waals surface area contributed by atoms with Crippen LogP contribution in [0.15, 0.2) is 48.5 Å². The van der Waals surface area contributed by atoms with Crippen molar-refractivity contribution in [2.24, 2.45) is 0 Å². The average Bonchev–Trinajstić information content (AvgIpc) is 2.88. The summed E-state index contributed by atoms with van der Waals surface area (Å²) in [4.78, 5) is 7.64. The number of benzene rings is 2.